The van der Waals surface area contributed by atoms with Crippen molar-refractivity contribution in [3.63, 3.8) is 0 Å². The van der Waals surface area contributed by atoms with Crippen LogP contribution < -0.4 is 10.6 Å². The number of ether oxygens (including phenoxy) is 1. The number of carbonyl (C=O) groups excluding carboxylic acids is 3. The van der Waals surface area contributed by atoms with E-state index in [9.17, 15) is 18.8 Å². The van der Waals surface area contributed by atoms with Crippen LogP contribution in [0.15, 0.2) is 53.9 Å². The van der Waals surface area contributed by atoms with Gasteiger partial charge < -0.3 is 20.3 Å². The van der Waals surface area contributed by atoms with Gasteiger partial charge in [0.1, 0.15) is 17.5 Å². The monoisotopic (exact) mass is 483 g/mol. The molecule has 0 unspecified atom stereocenters. The SMILES string of the molecule is CC(C)(C)NC(=O)[C@@H]1N(Cc2cccs2)C(=O)[C@H]2[C@H](C(=O)Nc3ccccc3F)[C@H]3C=C[C@@]12O3. The number of hydrogen-bond donors (Lipinski definition) is 2. The second kappa shape index (κ2) is 8.02. The molecule has 1 aromatic heterocycles. The Kier molecular flexibility index (Phi) is 5.37. The Hall–Kier alpha value is -3.04. The number of thiophene rings is 1. The summed E-state index contributed by atoms with van der Waals surface area (Å²) in [6.07, 6.45) is 2.82. The van der Waals surface area contributed by atoms with Crippen LogP contribution >= 0.6 is 11.3 Å². The third kappa shape index (κ3) is 3.63. The maximum atomic E-state index is 14.2. The van der Waals surface area contributed by atoms with E-state index in [4.69, 9.17) is 4.74 Å². The van der Waals surface area contributed by atoms with Crippen molar-refractivity contribution in [3.8, 4) is 0 Å². The molecule has 178 valence electrons. The third-order valence-corrected chi connectivity index (χ3v) is 7.32. The normalized spacial score (nSPS) is 29.4. The summed E-state index contributed by atoms with van der Waals surface area (Å²) in [5, 5.41) is 7.50. The van der Waals surface area contributed by atoms with E-state index in [0.29, 0.717) is 0 Å². The van der Waals surface area contributed by atoms with Gasteiger partial charge in [-0.3, -0.25) is 14.4 Å². The van der Waals surface area contributed by atoms with Crippen LogP contribution in [0.4, 0.5) is 10.1 Å². The Morgan fingerprint density at radius 1 is 1.18 bits per heavy atom. The molecule has 0 aliphatic carbocycles. The lowest BCUT2D eigenvalue weighted by atomic mass is 9.74. The zero-order valence-corrected chi connectivity index (χ0v) is 19.9. The predicted molar refractivity (Wildman–Crippen MR) is 125 cm³/mol. The molecular formula is C25H26FN3O4S. The number of nitrogens with one attached hydrogen (secondary N) is 2. The third-order valence-electron chi connectivity index (χ3n) is 6.46. The number of halogens is 1. The number of para-hydroxylation sites is 1. The Balaban J connectivity index is 1.51. The van der Waals surface area contributed by atoms with Crippen molar-refractivity contribution in [2.75, 3.05) is 5.32 Å². The highest BCUT2D eigenvalue weighted by atomic mass is 32.1. The maximum Gasteiger partial charge on any atom is 0.246 e. The van der Waals surface area contributed by atoms with E-state index in [-0.39, 0.29) is 24.0 Å². The Labute approximate surface area is 201 Å². The number of anilines is 1. The van der Waals surface area contributed by atoms with Crippen molar-refractivity contribution in [2.45, 2.75) is 50.6 Å². The second-order valence-electron chi connectivity index (χ2n) is 9.95. The number of nitrogens with zero attached hydrogens (tertiary/aromatic N) is 1. The summed E-state index contributed by atoms with van der Waals surface area (Å²) in [6.45, 7) is 5.84. The van der Waals surface area contributed by atoms with E-state index in [0.717, 1.165) is 4.88 Å². The zero-order valence-electron chi connectivity index (χ0n) is 19.1. The van der Waals surface area contributed by atoms with Gasteiger partial charge in [0.25, 0.3) is 0 Å². The van der Waals surface area contributed by atoms with Crippen LogP contribution in [0.25, 0.3) is 0 Å². The van der Waals surface area contributed by atoms with E-state index in [1.807, 2.05) is 38.3 Å². The van der Waals surface area contributed by atoms with Crippen LogP contribution in [0.2, 0.25) is 0 Å². The van der Waals surface area contributed by atoms with Gasteiger partial charge in [-0.05, 0) is 44.4 Å². The molecule has 5 rings (SSSR count). The topological polar surface area (TPSA) is 87.7 Å². The van der Waals surface area contributed by atoms with Crippen LogP contribution in [-0.4, -0.2) is 45.9 Å². The summed E-state index contributed by atoms with van der Waals surface area (Å²) < 4.78 is 20.4. The minimum atomic E-state index is -1.26. The summed E-state index contributed by atoms with van der Waals surface area (Å²) >= 11 is 1.49. The maximum absolute atomic E-state index is 14.2. The molecule has 7 nitrogen and oxygen atoms in total. The smallest absolute Gasteiger partial charge is 0.246 e. The van der Waals surface area contributed by atoms with Crippen molar-refractivity contribution in [1.29, 1.82) is 0 Å². The molecule has 2 fully saturated rings. The lowest BCUT2D eigenvalue weighted by Crippen LogP contribution is -2.57. The number of benzene rings is 1. The van der Waals surface area contributed by atoms with E-state index >= 15 is 0 Å². The highest BCUT2D eigenvalue weighted by molar-refractivity contribution is 7.09. The number of fused-ring (bicyclic) bond motifs is 1. The van der Waals surface area contributed by atoms with Crippen LogP contribution in [0.1, 0.15) is 25.6 Å². The first-order valence-electron chi connectivity index (χ1n) is 11.2. The molecule has 1 aromatic carbocycles. The van der Waals surface area contributed by atoms with Gasteiger partial charge in [-0.25, -0.2) is 4.39 Å². The first-order valence-corrected chi connectivity index (χ1v) is 12.1. The van der Waals surface area contributed by atoms with Gasteiger partial charge in [0.05, 0.1) is 30.2 Å². The molecule has 2 aromatic rings. The molecule has 1 spiro atoms. The van der Waals surface area contributed by atoms with Crippen molar-refractivity contribution < 1.29 is 23.5 Å². The molecule has 0 radical (unpaired) electrons. The van der Waals surface area contributed by atoms with Gasteiger partial charge in [0, 0.05) is 10.4 Å². The van der Waals surface area contributed by atoms with Crippen molar-refractivity contribution >= 4 is 34.7 Å². The quantitative estimate of drug-likeness (QED) is 0.640. The van der Waals surface area contributed by atoms with Gasteiger partial charge in [-0.2, -0.15) is 0 Å². The largest absolute Gasteiger partial charge is 0.359 e. The molecule has 5 atom stereocenters. The predicted octanol–water partition coefficient (Wildman–Crippen LogP) is 3.09. The number of likely N-dealkylation sites (tertiary alicyclic amines) is 1. The average molecular weight is 484 g/mol. The van der Waals surface area contributed by atoms with Gasteiger partial charge in [-0.1, -0.05) is 30.4 Å². The van der Waals surface area contributed by atoms with E-state index in [1.165, 1.54) is 34.4 Å². The lowest BCUT2D eigenvalue weighted by Gasteiger charge is -2.34. The van der Waals surface area contributed by atoms with Crippen LogP contribution in [0.5, 0.6) is 0 Å². The number of hydrogen-bond acceptors (Lipinski definition) is 5. The summed E-state index contributed by atoms with van der Waals surface area (Å²) in [4.78, 5) is 43.1. The molecule has 0 saturated carbocycles. The first-order chi connectivity index (χ1) is 16.1. The van der Waals surface area contributed by atoms with E-state index in [2.05, 4.69) is 10.6 Å². The van der Waals surface area contributed by atoms with Gasteiger partial charge in [0.15, 0.2) is 0 Å². The van der Waals surface area contributed by atoms with E-state index in [1.54, 1.807) is 18.2 Å². The van der Waals surface area contributed by atoms with E-state index < -0.39 is 46.8 Å². The fourth-order valence-electron chi connectivity index (χ4n) is 5.22. The molecule has 34 heavy (non-hydrogen) atoms. The zero-order chi connectivity index (χ0) is 24.3. The molecule has 3 aliphatic heterocycles. The fraction of sp³-hybridized carbons (Fsp3) is 0.400. The van der Waals surface area contributed by atoms with Crippen LogP contribution in [0, 0.1) is 17.7 Å². The molecule has 2 saturated heterocycles. The number of amides is 3. The lowest BCUT2D eigenvalue weighted by molar-refractivity contribution is -0.142. The standard InChI is InChI=1S/C25H26FN3O4S/c1-24(2,3)28-22(31)20-25-11-10-17(33-25)18(21(30)27-16-9-5-4-8-15(16)26)19(25)23(32)29(20)13-14-7-6-12-34-14/h4-12,17-20H,13H2,1-3H3,(H,27,30)(H,28,31)/t17-,18-,19-,20+,25+/m1/s1. The fourth-order valence-corrected chi connectivity index (χ4v) is 5.93. The highest BCUT2D eigenvalue weighted by Crippen LogP contribution is 2.55. The molecule has 9 heteroatoms. The molecule has 3 amide bonds. The van der Waals surface area contributed by atoms with Gasteiger partial charge in [0.2, 0.25) is 17.7 Å². The first kappa shape index (κ1) is 22.7. The van der Waals surface area contributed by atoms with Crippen LogP contribution in [-0.2, 0) is 25.7 Å². The molecule has 4 heterocycles. The number of carbonyl (C=O) groups is 3. The Morgan fingerprint density at radius 2 is 1.94 bits per heavy atom. The number of rotatable bonds is 5. The average Bonchev–Trinajstić information content (AvgIpc) is 3.51. The minimum Gasteiger partial charge on any atom is -0.359 e. The molecular weight excluding hydrogens is 457 g/mol. The molecule has 2 N–H and O–H groups in total. The van der Waals surface area contributed by atoms with Gasteiger partial charge in [-0.15, -0.1) is 11.3 Å². The summed E-state index contributed by atoms with van der Waals surface area (Å²) in [6, 6.07) is 8.73. The Bertz CT molecular complexity index is 1180. The second-order valence-corrected chi connectivity index (χ2v) is 11.0. The Morgan fingerprint density at radius 3 is 2.62 bits per heavy atom. The van der Waals surface area contributed by atoms with Crippen molar-refractivity contribution in [2.24, 2.45) is 11.8 Å². The summed E-state index contributed by atoms with van der Waals surface area (Å²) in [5.74, 6) is -3.49. The highest BCUT2D eigenvalue weighted by Gasteiger charge is 2.72. The van der Waals surface area contributed by atoms with Crippen molar-refractivity contribution in [3.05, 3.63) is 64.6 Å². The van der Waals surface area contributed by atoms with Crippen molar-refractivity contribution in [1.82, 2.24) is 10.2 Å². The summed E-state index contributed by atoms with van der Waals surface area (Å²) in [7, 11) is 0. The van der Waals surface area contributed by atoms with Gasteiger partial charge >= 0.3 is 0 Å². The molecule has 3 aliphatic rings. The minimum absolute atomic E-state index is 0.0382. The summed E-state index contributed by atoms with van der Waals surface area (Å²) in [5.41, 5.74) is -1.74. The van der Waals surface area contributed by atoms with Crippen LogP contribution in [0.3, 0.4) is 0 Å². The molecule has 2 bridgehead atoms.